The summed E-state index contributed by atoms with van der Waals surface area (Å²) in [6.45, 7) is 5.97. The minimum Gasteiger partial charge on any atom is -0.372 e. The van der Waals surface area contributed by atoms with Gasteiger partial charge in [0.1, 0.15) is 0 Å². The first-order chi connectivity index (χ1) is 9.24. The molecular formula is C15H21N3O. The van der Waals surface area contributed by atoms with E-state index in [0.717, 1.165) is 37.4 Å². The third-order valence-corrected chi connectivity index (χ3v) is 4.09. The fourth-order valence-corrected chi connectivity index (χ4v) is 2.67. The molecule has 1 aromatic rings. The summed E-state index contributed by atoms with van der Waals surface area (Å²) in [4.78, 5) is 14.3. The number of carbonyl (C=O) groups is 1. The molecular weight excluding hydrogens is 238 g/mol. The number of anilines is 2. The zero-order valence-electron chi connectivity index (χ0n) is 11.4. The Kier molecular flexibility index (Phi) is 3.42. The number of aryl methyl sites for hydroxylation is 1. The predicted octanol–water partition coefficient (Wildman–Crippen LogP) is 1.75. The Morgan fingerprint density at radius 1 is 1.32 bits per heavy atom. The zero-order chi connectivity index (χ0) is 13.2. The van der Waals surface area contributed by atoms with Crippen molar-refractivity contribution < 1.29 is 4.79 Å². The number of nitrogens with zero attached hydrogens (tertiary/aromatic N) is 1. The fourth-order valence-electron chi connectivity index (χ4n) is 2.67. The fraction of sp³-hybridized carbons (Fsp3) is 0.533. The topological polar surface area (TPSA) is 44.4 Å². The molecule has 0 radical (unpaired) electrons. The molecule has 2 aliphatic heterocycles. The molecule has 19 heavy (non-hydrogen) atoms. The van der Waals surface area contributed by atoms with Crippen LogP contribution in [0.3, 0.4) is 0 Å². The molecule has 0 aliphatic carbocycles. The molecule has 2 saturated heterocycles. The molecule has 2 fully saturated rings. The average Bonchev–Trinajstić information content (AvgIpc) is 2.83. The molecule has 2 heterocycles. The number of rotatable bonds is 3. The number of benzene rings is 1. The van der Waals surface area contributed by atoms with E-state index in [1.54, 1.807) is 0 Å². The molecule has 102 valence electrons. The van der Waals surface area contributed by atoms with Crippen LogP contribution in [0.25, 0.3) is 0 Å². The van der Waals surface area contributed by atoms with E-state index in [1.807, 2.05) is 6.07 Å². The lowest BCUT2D eigenvalue weighted by atomic mass is 10.0. The second-order valence-electron chi connectivity index (χ2n) is 5.54. The van der Waals surface area contributed by atoms with Crippen LogP contribution in [0.2, 0.25) is 0 Å². The Labute approximate surface area is 114 Å². The van der Waals surface area contributed by atoms with Crippen molar-refractivity contribution in [2.75, 3.05) is 36.4 Å². The van der Waals surface area contributed by atoms with E-state index in [9.17, 15) is 4.79 Å². The van der Waals surface area contributed by atoms with E-state index < -0.39 is 0 Å². The maximum absolute atomic E-state index is 11.9. The molecule has 3 rings (SSSR count). The van der Waals surface area contributed by atoms with Crippen molar-refractivity contribution in [2.45, 2.75) is 19.8 Å². The summed E-state index contributed by atoms with van der Waals surface area (Å²) in [5, 5.41) is 6.15. The zero-order valence-corrected chi connectivity index (χ0v) is 11.4. The second kappa shape index (κ2) is 5.21. The molecule has 1 aromatic carbocycles. The van der Waals surface area contributed by atoms with Crippen molar-refractivity contribution >= 4 is 17.3 Å². The summed E-state index contributed by atoms with van der Waals surface area (Å²) >= 11 is 0. The van der Waals surface area contributed by atoms with Crippen molar-refractivity contribution in [1.82, 2.24) is 5.32 Å². The van der Waals surface area contributed by atoms with Gasteiger partial charge in [0.15, 0.2) is 0 Å². The number of hydrogen-bond donors (Lipinski definition) is 2. The van der Waals surface area contributed by atoms with Crippen LogP contribution in [0.5, 0.6) is 0 Å². The van der Waals surface area contributed by atoms with Gasteiger partial charge >= 0.3 is 0 Å². The van der Waals surface area contributed by atoms with Crippen LogP contribution in [0.15, 0.2) is 18.2 Å². The van der Waals surface area contributed by atoms with Gasteiger partial charge in [-0.2, -0.15) is 0 Å². The summed E-state index contributed by atoms with van der Waals surface area (Å²) in [7, 11) is 0. The van der Waals surface area contributed by atoms with Gasteiger partial charge in [-0.3, -0.25) is 4.79 Å². The minimum absolute atomic E-state index is 0.135. The third kappa shape index (κ3) is 2.59. The average molecular weight is 259 g/mol. The Morgan fingerprint density at radius 2 is 2.05 bits per heavy atom. The molecule has 0 bridgehead atoms. The Balaban J connectivity index is 1.70. The van der Waals surface area contributed by atoms with Crippen molar-refractivity contribution in [1.29, 1.82) is 0 Å². The summed E-state index contributed by atoms with van der Waals surface area (Å²) < 4.78 is 0. The standard InChI is InChI=1S/C15H21N3O/c1-11-8-13(18-6-2-3-7-18)4-5-14(11)17-15(19)12-9-16-10-12/h4-5,8,12,16H,2-3,6-7,9-10H2,1H3,(H,17,19). The van der Waals surface area contributed by atoms with E-state index in [-0.39, 0.29) is 11.8 Å². The molecule has 0 aromatic heterocycles. The van der Waals surface area contributed by atoms with Gasteiger partial charge in [0, 0.05) is 37.6 Å². The van der Waals surface area contributed by atoms with Gasteiger partial charge in [-0.15, -0.1) is 0 Å². The highest BCUT2D eigenvalue weighted by Crippen LogP contribution is 2.25. The third-order valence-electron chi connectivity index (χ3n) is 4.09. The highest BCUT2D eigenvalue weighted by Gasteiger charge is 2.25. The van der Waals surface area contributed by atoms with E-state index >= 15 is 0 Å². The molecule has 1 amide bonds. The quantitative estimate of drug-likeness (QED) is 0.869. The Bertz CT molecular complexity index is 476. The second-order valence-corrected chi connectivity index (χ2v) is 5.54. The maximum Gasteiger partial charge on any atom is 0.230 e. The van der Waals surface area contributed by atoms with Crippen LogP contribution in [-0.4, -0.2) is 32.1 Å². The number of amides is 1. The Morgan fingerprint density at radius 3 is 2.63 bits per heavy atom. The van der Waals surface area contributed by atoms with Crippen molar-refractivity contribution in [3.8, 4) is 0 Å². The summed E-state index contributed by atoms with van der Waals surface area (Å²) in [6.07, 6.45) is 2.57. The predicted molar refractivity (Wildman–Crippen MR) is 77.6 cm³/mol. The first kappa shape index (κ1) is 12.5. The summed E-state index contributed by atoms with van der Waals surface area (Å²) in [5.74, 6) is 0.272. The van der Waals surface area contributed by atoms with Crippen molar-refractivity contribution in [3.63, 3.8) is 0 Å². The molecule has 2 N–H and O–H groups in total. The van der Waals surface area contributed by atoms with Crippen molar-refractivity contribution in [2.24, 2.45) is 5.92 Å². The van der Waals surface area contributed by atoms with Gasteiger partial charge < -0.3 is 15.5 Å². The molecule has 4 heteroatoms. The maximum atomic E-state index is 11.9. The monoisotopic (exact) mass is 259 g/mol. The first-order valence-electron chi connectivity index (χ1n) is 7.11. The van der Waals surface area contributed by atoms with Gasteiger partial charge in [0.2, 0.25) is 5.91 Å². The molecule has 2 aliphatic rings. The normalized spacial score (nSPS) is 19.3. The molecule has 0 atom stereocenters. The number of nitrogens with one attached hydrogen (secondary N) is 2. The van der Waals surface area contributed by atoms with E-state index in [1.165, 1.54) is 18.5 Å². The van der Waals surface area contributed by atoms with Crippen molar-refractivity contribution in [3.05, 3.63) is 23.8 Å². The van der Waals surface area contributed by atoms with Gasteiger partial charge in [0.05, 0.1) is 5.92 Å². The van der Waals surface area contributed by atoms with Gasteiger partial charge in [-0.1, -0.05) is 0 Å². The van der Waals surface area contributed by atoms with Crippen LogP contribution in [-0.2, 0) is 4.79 Å². The van der Waals surface area contributed by atoms with Crippen LogP contribution in [0, 0.1) is 12.8 Å². The highest BCUT2D eigenvalue weighted by molar-refractivity contribution is 5.94. The van der Waals surface area contributed by atoms with Crippen LogP contribution >= 0.6 is 0 Å². The van der Waals surface area contributed by atoms with Crippen LogP contribution in [0.1, 0.15) is 18.4 Å². The smallest absolute Gasteiger partial charge is 0.230 e. The summed E-state index contributed by atoms with van der Waals surface area (Å²) in [6, 6.07) is 6.33. The number of hydrogen-bond acceptors (Lipinski definition) is 3. The van der Waals surface area contributed by atoms with E-state index in [4.69, 9.17) is 0 Å². The summed E-state index contributed by atoms with van der Waals surface area (Å²) in [5.41, 5.74) is 3.36. The van der Waals surface area contributed by atoms with Gasteiger partial charge in [-0.25, -0.2) is 0 Å². The molecule has 0 unspecified atom stereocenters. The SMILES string of the molecule is Cc1cc(N2CCCC2)ccc1NC(=O)C1CNC1. The largest absolute Gasteiger partial charge is 0.372 e. The lowest BCUT2D eigenvalue weighted by Gasteiger charge is -2.26. The van der Waals surface area contributed by atoms with E-state index in [0.29, 0.717) is 0 Å². The molecule has 0 saturated carbocycles. The van der Waals surface area contributed by atoms with Gasteiger partial charge in [-0.05, 0) is 43.5 Å². The lowest BCUT2D eigenvalue weighted by Crippen LogP contribution is -2.48. The van der Waals surface area contributed by atoms with Crippen LogP contribution < -0.4 is 15.5 Å². The van der Waals surface area contributed by atoms with E-state index in [2.05, 4.69) is 34.6 Å². The lowest BCUT2D eigenvalue weighted by molar-refractivity contribution is -0.121. The Hall–Kier alpha value is -1.55. The van der Waals surface area contributed by atoms with Gasteiger partial charge in [0.25, 0.3) is 0 Å². The number of carbonyl (C=O) groups excluding carboxylic acids is 1. The molecule has 4 nitrogen and oxygen atoms in total. The first-order valence-corrected chi connectivity index (χ1v) is 7.11. The minimum atomic E-state index is 0.135. The van der Waals surface area contributed by atoms with Crippen LogP contribution in [0.4, 0.5) is 11.4 Å². The molecule has 0 spiro atoms. The highest BCUT2D eigenvalue weighted by atomic mass is 16.2.